The number of halogens is 1. The standard InChI is InChI=1S/C22H16N.C16H18N.C15H18N.C14H13BrN.C12H12NS.C12H10N.6Ir/c1-23-22(16-9-3-2-4-10-16)21-19-13-7-5-11-17(19)15-18-12-6-8-14-20(18)21;1-16(2)12-8-5-4-7-11(12)15-13(16)9-6-10-14(15)17-3;1-10-14(11(2)16-5)12-8-6-7-9-13(12)15(10,3)4;1-9-7-8-11-12(5-4-6-13(11)15)14(9)10(2)16-3;1-8(13-3)12-9(2)14-11-7-5-4-6-10(11)12;1-13-12-9-5-8-11(12)10-6-3-2-4-7-10;;;;;;/h2-13,15H,1H3;4-5,8H,6,9-10H2,1-3H3;6-7,9H,1-5H3;4,6-8H,1-3H3;4-5,7H,1-3H3;2-6,8-9H,1H3;;;;;;/q6*-1;;;;;;. The molecule has 0 saturated carbocycles. The van der Waals surface area contributed by atoms with Crippen LogP contribution in [0, 0.1) is 50.2 Å². The number of hydrogen-bond donors (Lipinski definition) is 0. The monoisotopic (exact) mass is 2530 g/mol. The predicted molar refractivity (Wildman–Crippen MR) is 433 cm³/mol. The van der Waals surface area contributed by atoms with E-state index in [0.29, 0.717) is 0 Å². The van der Waals surface area contributed by atoms with E-state index in [0.717, 1.165) is 72.5 Å². The fraction of sp³-hybridized carbons (Fsp3) is 0.231. The van der Waals surface area contributed by atoms with E-state index in [9.17, 15) is 0 Å². The maximum atomic E-state index is 4.63. The molecule has 6 nitrogen and oxygen atoms in total. The van der Waals surface area contributed by atoms with Crippen molar-refractivity contribution in [3.8, 4) is 0 Å². The molecule has 4 aliphatic carbocycles. The zero-order valence-electron chi connectivity index (χ0n) is 62.1. The molecule has 0 saturated heterocycles. The molecular formula is C91H87BrIr6N6S-6. The smallest absolute Gasteiger partial charge is 0.0314 e. The van der Waals surface area contributed by atoms with Gasteiger partial charge in [0.05, 0.1) is 0 Å². The molecule has 11 aromatic rings. The molecule has 105 heavy (non-hydrogen) atoms. The van der Waals surface area contributed by atoms with Gasteiger partial charge in [-0.3, -0.25) is 9.98 Å². The summed E-state index contributed by atoms with van der Waals surface area (Å²) in [5.41, 5.74) is 26.1. The quantitative estimate of drug-likeness (QED) is 0.0904. The summed E-state index contributed by atoms with van der Waals surface area (Å²) in [4.78, 5) is 27.5. The Hall–Kier alpha value is -5.70. The molecule has 6 radical (unpaired) electrons. The summed E-state index contributed by atoms with van der Waals surface area (Å²) >= 11 is 5.38. The maximum Gasteiger partial charge on any atom is 0.0314 e. The number of aryl methyl sites for hydroxylation is 2. The van der Waals surface area contributed by atoms with Crippen LogP contribution in [-0.4, -0.2) is 76.6 Å². The largest absolute Gasteiger partial charge is 0.303 e. The molecular weight excluding hydrogens is 2440 g/mol. The van der Waals surface area contributed by atoms with E-state index in [-0.39, 0.29) is 131 Å². The van der Waals surface area contributed by atoms with Gasteiger partial charge in [-0.15, -0.1) is 206 Å². The average molecular weight is 2530 g/mol. The number of rotatable bonds is 6. The van der Waals surface area contributed by atoms with Crippen LogP contribution in [0.25, 0.3) is 59.1 Å². The predicted octanol–water partition coefficient (Wildman–Crippen LogP) is 22.8. The van der Waals surface area contributed by atoms with Crippen molar-refractivity contribution in [2.24, 2.45) is 30.0 Å². The first-order chi connectivity index (χ1) is 47.8. The van der Waals surface area contributed by atoms with Crippen molar-refractivity contribution in [2.75, 3.05) is 42.3 Å². The molecule has 4 aliphatic rings. The molecule has 0 fully saturated rings. The van der Waals surface area contributed by atoms with Crippen LogP contribution >= 0.6 is 27.3 Å². The SMILES string of the molecule is CN=C(C)C1=C(C)C(C)(C)c2ccc[c-]c21.CN=C(C)c1c(C)ccc2c(Br)cc[c-]c12.CN=C(C)c1c(C)sc2ccc[c-]c12.CN=C(c1ccccc1)c1c2[c-]cccc2cc2ccccc12.CN=C1C=CC=C1c1[c-]cccc1.CN=C1CCCC2=C1c1[c-]cccc1C2(C)C.[Ir].[Ir].[Ir].[Ir].[Ir].[Ir]. The molecule has 15 rings (SSSR count). The Morgan fingerprint density at radius 1 is 0.486 bits per heavy atom. The van der Waals surface area contributed by atoms with Crippen molar-refractivity contribution in [1.29, 1.82) is 0 Å². The van der Waals surface area contributed by atoms with Crippen molar-refractivity contribution in [1.82, 2.24) is 0 Å². The van der Waals surface area contributed by atoms with E-state index in [1.54, 1.807) is 5.57 Å². The van der Waals surface area contributed by atoms with Crippen LogP contribution in [0.1, 0.15) is 135 Å². The van der Waals surface area contributed by atoms with Gasteiger partial charge in [0.15, 0.2) is 0 Å². The van der Waals surface area contributed by atoms with Crippen LogP contribution in [-0.2, 0) is 131 Å². The van der Waals surface area contributed by atoms with Gasteiger partial charge in [-0.2, -0.15) is 0 Å². The summed E-state index contributed by atoms with van der Waals surface area (Å²) in [7, 11) is 11.1. The van der Waals surface area contributed by atoms with Crippen molar-refractivity contribution in [3.05, 3.63) is 313 Å². The second-order valence-electron chi connectivity index (χ2n) is 25.8. The van der Waals surface area contributed by atoms with Gasteiger partial charge in [0, 0.05) is 180 Å². The molecule has 14 heteroatoms. The van der Waals surface area contributed by atoms with Crippen LogP contribution in [0.5, 0.6) is 0 Å². The summed E-state index contributed by atoms with van der Waals surface area (Å²) in [5, 5.41) is 8.29. The van der Waals surface area contributed by atoms with E-state index in [4.69, 9.17) is 0 Å². The van der Waals surface area contributed by atoms with Crippen molar-refractivity contribution < 1.29 is 121 Å². The first-order valence-electron chi connectivity index (χ1n) is 33.8. The Kier molecular flexibility index (Phi) is 36.9. The second-order valence-corrected chi connectivity index (χ2v) is 27.9. The van der Waals surface area contributed by atoms with Crippen LogP contribution < -0.4 is 0 Å². The van der Waals surface area contributed by atoms with Gasteiger partial charge in [0.25, 0.3) is 0 Å². The average Bonchev–Trinajstić information content (AvgIpc) is 1.67. The third kappa shape index (κ3) is 20.2. The van der Waals surface area contributed by atoms with Gasteiger partial charge < -0.3 is 20.0 Å². The number of fused-ring (bicyclic) bond motifs is 7. The first-order valence-corrected chi connectivity index (χ1v) is 35.4. The Morgan fingerprint density at radius 2 is 1.07 bits per heavy atom. The van der Waals surface area contributed by atoms with Gasteiger partial charge in [-0.05, 0) is 104 Å². The molecule has 0 unspecified atom stereocenters. The van der Waals surface area contributed by atoms with Gasteiger partial charge in [0.1, 0.15) is 0 Å². The van der Waals surface area contributed by atoms with Crippen molar-refractivity contribution in [2.45, 2.75) is 99.3 Å². The minimum absolute atomic E-state index is 0. The van der Waals surface area contributed by atoms with E-state index in [2.05, 4.69) is 254 Å². The van der Waals surface area contributed by atoms with Gasteiger partial charge in [0.2, 0.25) is 0 Å². The number of hydrogen-bond acceptors (Lipinski definition) is 7. The van der Waals surface area contributed by atoms with E-state index in [1.165, 1.54) is 111 Å². The van der Waals surface area contributed by atoms with E-state index >= 15 is 0 Å². The molecule has 0 spiro atoms. The normalized spacial score (nSPS) is 15.1. The fourth-order valence-electron chi connectivity index (χ4n) is 13.9. The molecule has 0 amide bonds. The number of thiophene rings is 1. The number of benzene rings is 10. The van der Waals surface area contributed by atoms with Gasteiger partial charge >= 0.3 is 0 Å². The molecule has 0 atom stereocenters. The summed E-state index contributed by atoms with van der Waals surface area (Å²) in [6.07, 6.45) is 9.66. The van der Waals surface area contributed by atoms with Crippen LogP contribution in [0.15, 0.2) is 246 Å². The minimum Gasteiger partial charge on any atom is -0.303 e. The fourth-order valence-corrected chi connectivity index (χ4v) is 15.4. The second kappa shape index (κ2) is 42.3. The van der Waals surface area contributed by atoms with Gasteiger partial charge in [-0.1, -0.05) is 194 Å². The molecule has 1 heterocycles. The van der Waals surface area contributed by atoms with Crippen molar-refractivity contribution >= 4 is 121 Å². The molecule has 0 bridgehead atoms. The Morgan fingerprint density at radius 3 is 1.71 bits per heavy atom. The molecule has 10 aromatic carbocycles. The minimum atomic E-state index is 0. The maximum absolute atomic E-state index is 4.63. The first kappa shape index (κ1) is 91.7. The van der Waals surface area contributed by atoms with E-state index < -0.39 is 0 Å². The Bertz CT molecular complexity index is 5100. The van der Waals surface area contributed by atoms with Crippen molar-refractivity contribution in [3.63, 3.8) is 0 Å². The summed E-state index contributed by atoms with van der Waals surface area (Å²) in [5.74, 6) is 0. The van der Waals surface area contributed by atoms with Gasteiger partial charge in [-0.25, -0.2) is 11.3 Å². The molecule has 554 valence electrons. The third-order valence-electron chi connectivity index (χ3n) is 19.4. The molecule has 1 aromatic heterocycles. The van der Waals surface area contributed by atoms with Crippen LogP contribution in [0.3, 0.4) is 0 Å². The number of aliphatic imine (C=N–C) groups is 6. The number of allylic oxidation sites excluding steroid dienone is 8. The third-order valence-corrected chi connectivity index (χ3v) is 21.2. The molecule has 0 aliphatic heterocycles. The zero-order valence-corrected chi connectivity index (χ0v) is 78.9. The topological polar surface area (TPSA) is 74.2 Å². The van der Waals surface area contributed by atoms with Crippen LogP contribution in [0.2, 0.25) is 0 Å². The Labute approximate surface area is 717 Å². The molecule has 0 N–H and O–H groups in total. The number of nitrogens with zero attached hydrogens (tertiary/aromatic N) is 6. The zero-order chi connectivity index (χ0) is 70.5. The Balaban J connectivity index is 0.000000266. The summed E-state index contributed by atoms with van der Waals surface area (Å²) in [6.45, 7) is 21.8. The van der Waals surface area contributed by atoms with Crippen LogP contribution in [0.4, 0.5) is 0 Å². The summed E-state index contributed by atoms with van der Waals surface area (Å²) < 4.78 is 2.40. The van der Waals surface area contributed by atoms with E-state index in [1.807, 2.05) is 152 Å². The summed E-state index contributed by atoms with van der Waals surface area (Å²) in [6, 6.07) is 82.1.